The van der Waals surface area contributed by atoms with Gasteiger partial charge in [0.05, 0.1) is 0 Å². The van der Waals surface area contributed by atoms with E-state index in [1.165, 1.54) is 65.9 Å². The van der Waals surface area contributed by atoms with Crippen LogP contribution in [-0.2, 0) is 6.42 Å². The van der Waals surface area contributed by atoms with Gasteiger partial charge in [0.15, 0.2) is 0 Å². The molecular weight excluding hydrogens is 366 g/mol. The first-order valence-corrected chi connectivity index (χ1v) is 11.3. The quantitative estimate of drug-likeness (QED) is 0.510. The summed E-state index contributed by atoms with van der Waals surface area (Å²) in [6, 6.07) is 20.4. The summed E-state index contributed by atoms with van der Waals surface area (Å²) in [5, 5.41) is 3.63. The van der Waals surface area contributed by atoms with Crippen molar-refractivity contribution in [1.82, 2.24) is 4.98 Å². The van der Waals surface area contributed by atoms with Crippen LogP contribution in [0.3, 0.4) is 0 Å². The zero-order valence-electron chi connectivity index (χ0n) is 18.1. The number of hydrogen-bond donors (Lipinski definition) is 1. The third-order valence-corrected chi connectivity index (χ3v) is 6.73. The van der Waals surface area contributed by atoms with Crippen LogP contribution in [0.15, 0.2) is 60.8 Å². The lowest BCUT2D eigenvalue weighted by molar-refractivity contribution is 0.572. The van der Waals surface area contributed by atoms with Crippen molar-refractivity contribution in [2.75, 3.05) is 23.8 Å². The highest BCUT2D eigenvalue weighted by molar-refractivity contribution is 5.64. The van der Waals surface area contributed by atoms with Crippen LogP contribution in [0.1, 0.15) is 59.9 Å². The lowest BCUT2D eigenvalue weighted by atomic mass is 9.82. The van der Waals surface area contributed by atoms with Crippen molar-refractivity contribution in [3.63, 3.8) is 0 Å². The highest BCUT2D eigenvalue weighted by Gasteiger charge is 2.24. The highest BCUT2D eigenvalue weighted by Crippen LogP contribution is 2.41. The van der Waals surface area contributed by atoms with Crippen LogP contribution in [-0.4, -0.2) is 18.6 Å². The first-order valence-electron chi connectivity index (χ1n) is 11.3. The van der Waals surface area contributed by atoms with Crippen molar-refractivity contribution in [2.45, 2.75) is 50.9 Å². The SMILES string of the molecule is Cc1cc(NC[C@@H]2CCCc3cc(N(C)c4ccc(C5CC5)cc4)ccc32)ccn1. The Hall–Kier alpha value is -2.81. The van der Waals surface area contributed by atoms with Gasteiger partial charge in [0.1, 0.15) is 0 Å². The number of nitrogens with zero attached hydrogens (tertiary/aromatic N) is 2. The molecule has 154 valence electrons. The summed E-state index contributed by atoms with van der Waals surface area (Å²) < 4.78 is 0. The van der Waals surface area contributed by atoms with Gasteiger partial charge in [-0.15, -0.1) is 0 Å². The van der Waals surface area contributed by atoms with Crippen LogP contribution in [0.4, 0.5) is 17.1 Å². The molecule has 3 aromatic rings. The van der Waals surface area contributed by atoms with Gasteiger partial charge < -0.3 is 10.2 Å². The fourth-order valence-corrected chi connectivity index (χ4v) is 4.75. The fraction of sp³-hybridized carbons (Fsp3) is 0.370. The van der Waals surface area contributed by atoms with E-state index in [4.69, 9.17) is 0 Å². The number of aryl methyl sites for hydroxylation is 2. The van der Waals surface area contributed by atoms with E-state index in [1.807, 2.05) is 13.1 Å². The van der Waals surface area contributed by atoms with Gasteiger partial charge in [-0.05, 0) is 98.0 Å². The van der Waals surface area contributed by atoms with Crippen LogP contribution in [0.2, 0.25) is 0 Å². The Morgan fingerprint density at radius 2 is 1.77 bits per heavy atom. The summed E-state index contributed by atoms with van der Waals surface area (Å²) in [5.74, 6) is 1.38. The Labute approximate surface area is 180 Å². The maximum absolute atomic E-state index is 4.29. The van der Waals surface area contributed by atoms with Crippen LogP contribution < -0.4 is 10.2 Å². The van der Waals surface area contributed by atoms with Gasteiger partial charge in [0.2, 0.25) is 0 Å². The molecule has 0 unspecified atom stereocenters. The molecule has 1 saturated carbocycles. The minimum absolute atomic E-state index is 0.569. The molecule has 1 atom stereocenters. The summed E-state index contributed by atoms with van der Waals surface area (Å²) in [5.41, 5.74) is 9.30. The standard InChI is InChI=1S/C27H31N3/c1-19-16-24(14-15-28-19)29-18-23-5-3-4-22-17-26(12-13-27(22)23)30(2)25-10-8-21(9-11-25)20-6-7-20/h8-17,20,23H,3-7,18H2,1-2H3,(H,28,29)/t23-/m0/s1. The second kappa shape index (κ2) is 8.14. The van der Waals surface area contributed by atoms with Gasteiger partial charge in [-0.2, -0.15) is 0 Å². The lowest BCUT2D eigenvalue weighted by Gasteiger charge is -2.28. The Kier molecular flexibility index (Phi) is 5.20. The van der Waals surface area contributed by atoms with E-state index >= 15 is 0 Å². The number of anilines is 3. The Morgan fingerprint density at radius 1 is 0.967 bits per heavy atom. The molecule has 5 rings (SSSR count). The Morgan fingerprint density at radius 3 is 2.53 bits per heavy atom. The van der Waals surface area contributed by atoms with Crippen LogP contribution >= 0.6 is 0 Å². The van der Waals surface area contributed by atoms with Crippen molar-refractivity contribution in [3.8, 4) is 0 Å². The lowest BCUT2D eigenvalue weighted by Crippen LogP contribution is -2.19. The first-order chi connectivity index (χ1) is 14.7. The summed E-state index contributed by atoms with van der Waals surface area (Å²) >= 11 is 0. The van der Waals surface area contributed by atoms with E-state index in [2.05, 4.69) is 76.8 Å². The molecule has 0 radical (unpaired) electrons. The molecule has 0 amide bonds. The second-order valence-corrected chi connectivity index (χ2v) is 8.96. The third-order valence-electron chi connectivity index (χ3n) is 6.73. The molecular formula is C27H31N3. The number of nitrogens with one attached hydrogen (secondary N) is 1. The minimum atomic E-state index is 0.569. The van der Waals surface area contributed by atoms with Gasteiger partial charge in [-0.1, -0.05) is 18.2 Å². The molecule has 1 aromatic heterocycles. The number of rotatable bonds is 6. The molecule has 1 heterocycles. The van der Waals surface area contributed by atoms with Crippen molar-refractivity contribution in [2.24, 2.45) is 0 Å². The monoisotopic (exact) mass is 397 g/mol. The van der Waals surface area contributed by atoms with Crippen LogP contribution in [0, 0.1) is 6.92 Å². The molecule has 1 N–H and O–H groups in total. The number of pyridine rings is 1. The van der Waals surface area contributed by atoms with Gasteiger partial charge in [-0.3, -0.25) is 4.98 Å². The number of benzene rings is 2. The molecule has 3 heteroatoms. The van der Waals surface area contributed by atoms with E-state index in [0.717, 1.165) is 18.2 Å². The third kappa shape index (κ3) is 4.07. The molecule has 30 heavy (non-hydrogen) atoms. The highest BCUT2D eigenvalue weighted by atomic mass is 15.1. The number of fused-ring (bicyclic) bond motifs is 1. The van der Waals surface area contributed by atoms with E-state index < -0.39 is 0 Å². The summed E-state index contributed by atoms with van der Waals surface area (Å²) in [4.78, 5) is 6.61. The molecule has 2 aromatic carbocycles. The van der Waals surface area contributed by atoms with E-state index in [-0.39, 0.29) is 0 Å². The second-order valence-electron chi connectivity index (χ2n) is 8.96. The van der Waals surface area contributed by atoms with Gasteiger partial charge in [-0.25, -0.2) is 0 Å². The number of aromatic nitrogens is 1. The van der Waals surface area contributed by atoms with Crippen LogP contribution in [0.25, 0.3) is 0 Å². The maximum Gasteiger partial charge on any atom is 0.0411 e. The molecule has 0 spiro atoms. The van der Waals surface area contributed by atoms with E-state index in [0.29, 0.717) is 5.92 Å². The van der Waals surface area contributed by atoms with E-state index in [9.17, 15) is 0 Å². The predicted molar refractivity (Wildman–Crippen MR) is 126 cm³/mol. The van der Waals surface area contributed by atoms with Crippen molar-refractivity contribution in [3.05, 3.63) is 83.2 Å². The molecule has 2 aliphatic carbocycles. The maximum atomic E-state index is 4.29. The molecule has 2 aliphatic rings. The Balaban J connectivity index is 1.31. The summed E-state index contributed by atoms with van der Waals surface area (Å²) in [6.07, 6.45) is 8.29. The van der Waals surface area contributed by atoms with Crippen LogP contribution in [0.5, 0.6) is 0 Å². The normalized spacial score (nSPS) is 18.0. The average molecular weight is 398 g/mol. The van der Waals surface area contributed by atoms with Crippen molar-refractivity contribution >= 4 is 17.1 Å². The zero-order valence-corrected chi connectivity index (χ0v) is 18.1. The molecule has 1 fully saturated rings. The topological polar surface area (TPSA) is 28.2 Å². The minimum Gasteiger partial charge on any atom is -0.384 e. The molecule has 0 saturated heterocycles. The molecule has 0 bridgehead atoms. The van der Waals surface area contributed by atoms with Gasteiger partial charge in [0.25, 0.3) is 0 Å². The predicted octanol–water partition coefficient (Wildman–Crippen LogP) is 6.57. The fourth-order valence-electron chi connectivity index (χ4n) is 4.75. The van der Waals surface area contributed by atoms with Gasteiger partial charge >= 0.3 is 0 Å². The zero-order chi connectivity index (χ0) is 20.5. The smallest absolute Gasteiger partial charge is 0.0411 e. The number of hydrogen-bond acceptors (Lipinski definition) is 3. The first kappa shape index (κ1) is 19.2. The van der Waals surface area contributed by atoms with E-state index in [1.54, 1.807) is 0 Å². The Bertz CT molecular complexity index is 1020. The average Bonchev–Trinajstić information content (AvgIpc) is 3.62. The van der Waals surface area contributed by atoms with Gasteiger partial charge in [0, 0.05) is 48.5 Å². The van der Waals surface area contributed by atoms with Crippen molar-refractivity contribution < 1.29 is 0 Å². The summed E-state index contributed by atoms with van der Waals surface area (Å²) in [6.45, 7) is 3.02. The largest absolute Gasteiger partial charge is 0.384 e. The summed E-state index contributed by atoms with van der Waals surface area (Å²) in [7, 11) is 2.18. The van der Waals surface area contributed by atoms with Crippen molar-refractivity contribution in [1.29, 1.82) is 0 Å². The molecule has 0 aliphatic heterocycles. The molecule has 3 nitrogen and oxygen atoms in total.